The van der Waals surface area contributed by atoms with E-state index in [0.29, 0.717) is 0 Å². The van der Waals surface area contributed by atoms with Gasteiger partial charge in [-0.2, -0.15) is 0 Å². The lowest BCUT2D eigenvalue weighted by Crippen LogP contribution is -2.41. The number of nitrogens with one attached hydrogen (secondary N) is 1. The van der Waals surface area contributed by atoms with Gasteiger partial charge in [0.05, 0.1) is 6.04 Å². The number of carbonyl (C=O) groups is 1. The van der Waals surface area contributed by atoms with Gasteiger partial charge in [0.2, 0.25) is 5.91 Å². The second kappa shape index (κ2) is 5.29. The van der Waals surface area contributed by atoms with E-state index in [9.17, 15) is 4.79 Å². The molecule has 1 saturated heterocycles. The summed E-state index contributed by atoms with van der Waals surface area (Å²) in [4.78, 5) is 14.1. The van der Waals surface area contributed by atoms with Crippen molar-refractivity contribution < 1.29 is 4.79 Å². The Bertz CT molecular complexity index is 380. The lowest BCUT2D eigenvalue weighted by Gasteiger charge is -2.23. The Hall–Kier alpha value is -1.39. The fourth-order valence-corrected chi connectivity index (χ4v) is 2.10. The van der Waals surface area contributed by atoms with Crippen LogP contribution in [0.15, 0.2) is 30.3 Å². The first-order valence-electron chi connectivity index (χ1n) is 6.02. The molecule has 2 atom stereocenters. The quantitative estimate of drug-likeness (QED) is 0.820. The van der Waals surface area contributed by atoms with Gasteiger partial charge in [0.15, 0.2) is 0 Å². The monoisotopic (exact) mass is 233 g/mol. The average molecular weight is 233 g/mol. The number of amides is 1. The maximum atomic E-state index is 12.0. The molecule has 1 fully saturated rings. The predicted octanol–water partition coefficient (Wildman–Crippen LogP) is 1.05. The Kier molecular flexibility index (Phi) is 3.76. The topological polar surface area (TPSA) is 58.4 Å². The standard InChI is InChI=1S/C13H19N3O/c1-10(16-8-7-11(14)9-16)13(17)15-12-5-3-2-4-6-12/h2-6,10-11H,7-9,14H2,1H3,(H,15,17). The van der Waals surface area contributed by atoms with E-state index in [1.807, 2.05) is 37.3 Å². The number of likely N-dealkylation sites (tertiary alicyclic amines) is 1. The SMILES string of the molecule is CC(C(=O)Nc1ccccc1)N1CCC(N)C1. The van der Waals surface area contributed by atoms with Crippen molar-refractivity contribution in [2.45, 2.75) is 25.4 Å². The van der Waals surface area contributed by atoms with Gasteiger partial charge in [-0.25, -0.2) is 0 Å². The first kappa shape index (κ1) is 12.1. The molecule has 3 N–H and O–H groups in total. The molecule has 0 saturated carbocycles. The second-order valence-corrected chi connectivity index (χ2v) is 4.57. The van der Waals surface area contributed by atoms with Crippen LogP contribution in [0.2, 0.25) is 0 Å². The summed E-state index contributed by atoms with van der Waals surface area (Å²) in [5.41, 5.74) is 6.68. The molecule has 92 valence electrons. The van der Waals surface area contributed by atoms with Crippen molar-refractivity contribution in [3.63, 3.8) is 0 Å². The molecule has 4 nitrogen and oxygen atoms in total. The summed E-state index contributed by atoms with van der Waals surface area (Å²) in [6.07, 6.45) is 0.975. The van der Waals surface area contributed by atoms with Gasteiger partial charge in [-0.1, -0.05) is 18.2 Å². The van der Waals surface area contributed by atoms with E-state index in [4.69, 9.17) is 5.73 Å². The Morgan fingerprint density at radius 2 is 2.18 bits per heavy atom. The largest absolute Gasteiger partial charge is 0.326 e. The molecular weight excluding hydrogens is 214 g/mol. The van der Waals surface area contributed by atoms with Crippen LogP contribution in [0.4, 0.5) is 5.69 Å². The van der Waals surface area contributed by atoms with Crippen LogP contribution in [0.1, 0.15) is 13.3 Å². The molecule has 1 aliphatic rings. The van der Waals surface area contributed by atoms with Gasteiger partial charge in [0, 0.05) is 24.8 Å². The zero-order valence-corrected chi connectivity index (χ0v) is 10.1. The molecule has 4 heteroatoms. The summed E-state index contributed by atoms with van der Waals surface area (Å²) in [6.45, 7) is 3.64. The number of nitrogens with two attached hydrogens (primary N) is 1. The van der Waals surface area contributed by atoms with Crippen molar-refractivity contribution in [2.75, 3.05) is 18.4 Å². The number of hydrogen-bond acceptors (Lipinski definition) is 3. The smallest absolute Gasteiger partial charge is 0.241 e. The van der Waals surface area contributed by atoms with E-state index in [-0.39, 0.29) is 18.0 Å². The Morgan fingerprint density at radius 3 is 2.76 bits per heavy atom. The van der Waals surface area contributed by atoms with Gasteiger partial charge in [-0.3, -0.25) is 9.69 Å². The first-order valence-corrected chi connectivity index (χ1v) is 6.02. The summed E-state index contributed by atoms with van der Waals surface area (Å²) < 4.78 is 0. The van der Waals surface area contributed by atoms with Crippen LogP contribution in [0.25, 0.3) is 0 Å². The van der Waals surface area contributed by atoms with E-state index < -0.39 is 0 Å². The third-order valence-electron chi connectivity index (χ3n) is 3.22. The van der Waals surface area contributed by atoms with E-state index in [0.717, 1.165) is 25.2 Å². The Morgan fingerprint density at radius 1 is 1.47 bits per heavy atom. The van der Waals surface area contributed by atoms with Crippen LogP contribution in [0.5, 0.6) is 0 Å². The minimum Gasteiger partial charge on any atom is -0.326 e. The van der Waals surface area contributed by atoms with Crippen LogP contribution in [0.3, 0.4) is 0 Å². The normalized spacial score (nSPS) is 22.4. The van der Waals surface area contributed by atoms with E-state index in [1.54, 1.807) is 0 Å². The summed E-state index contributed by atoms with van der Waals surface area (Å²) >= 11 is 0. The third kappa shape index (κ3) is 3.05. The van der Waals surface area contributed by atoms with Gasteiger partial charge in [-0.15, -0.1) is 0 Å². The van der Waals surface area contributed by atoms with Gasteiger partial charge in [0.25, 0.3) is 0 Å². The Balaban J connectivity index is 1.92. The molecular formula is C13H19N3O. The molecule has 0 aromatic heterocycles. The van der Waals surface area contributed by atoms with E-state index >= 15 is 0 Å². The molecule has 1 amide bonds. The van der Waals surface area contributed by atoms with Crippen LogP contribution >= 0.6 is 0 Å². The summed E-state index contributed by atoms with van der Waals surface area (Å²) in [5, 5.41) is 2.91. The summed E-state index contributed by atoms with van der Waals surface area (Å²) in [6, 6.07) is 9.61. The van der Waals surface area contributed by atoms with Crippen molar-refractivity contribution in [1.29, 1.82) is 0 Å². The maximum absolute atomic E-state index is 12.0. The third-order valence-corrected chi connectivity index (χ3v) is 3.22. The highest BCUT2D eigenvalue weighted by molar-refractivity contribution is 5.94. The number of carbonyl (C=O) groups excluding carboxylic acids is 1. The Labute approximate surface area is 102 Å². The van der Waals surface area contributed by atoms with Crippen LogP contribution in [-0.2, 0) is 4.79 Å². The van der Waals surface area contributed by atoms with E-state index in [1.165, 1.54) is 0 Å². The molecule has 1 heterocycles. The number of nitrogens with zero attached hydrogens (tertiary/aromatic N) is 1. The maximum Gasteiger partial charge on any atom is 0.241 e. The van der Waals surface area contributed by atoms with Crippen LogP contribution in [-0.4, -0.2) is 36.0 Å². The molecule has 1 aromatic rings. The molecule has 0 bridgehead atoms. The van der Waals surface area contributed by atoms with Gasteiger partial charge in [0.1, 0.15) is 0 Å². The van der Waals surface area contributed by atoms with Crippen molar-refractivity contribution in [1.82, 2.24) is 4.90 Å². The fourth-order valence-electron chi connectivity index (χ4n) is 2.10. The molecule has 0 aliphatic carbocycles. The van der Waals surface area contributed by atoms with Crippen molar-refractivity contribution in [3.8, 4) is 0 Å². The molecule has 0 radical (unpaired) electrons. The molecule has 1 aliphatic heterocycles. The molecule has 2 unspecified atom stereocenters. The highest BCUT2D eigenvalue weighted by Gasteiger charge is 2.27. The molecule has 0 spiro atoms. The number of hydrogen-bond donors (Lipinski definition) is 2. The minimum atomic E-state index is -0.122. The number of anilines is 1. The second-order valence-electron chi connectivity index (χ2n) is 4.57. The van der Waals surface area contributed by atoms with Crippen molar-refractivity contribution in [2.24, 2.45) is 5.73 Å². The van der Waals surface area contributed by atoms with Crippen LogP contribution < -0.4 is 11.1 Å². The minimum absolute atomic E-state index is 0.0327. The van der Waals surface area contributed by atoms with Crippen molar-refractivity contribution in [3.05, 3.63) is 30.3 Å². The van der Waals surface area contributed by atoms with Crippen molar-refractivity contribution >= 4 is 11.6 Å². The number of benzene rings is 1. The lowest BCUT2D eigenvalue weighted by molar-refractivity contribution is -0.120. The van der Waals surface area contributed by atoms with E-state index in [2.05, 4.69) is 10.2 Å². The highest BCUT2D eigenvalue weighted by Crippen LogP contribution is 2.13. The summed E-state index contributed by atoms with van der Waals surface area (Å²) in [5.74, 6) is 0.0327. The zero-order valence-electron chi connectivity index (χ0n) is 10.1. The molecule has 17 heavy (non-hydrogen) atoms. The van der Waals surface area contributed by atoms with Gasteiger partial charge < -0.3 is 11.1 Å². The van der Waals surface area contributed by atoms with Crippen LogP contribution in [0, 0.1) is 0 Å². The van der Waals surface area contributed by atoms with Gasteiger partial charge >= 0.3 is 0 Å². The first-order chi connectivity index (χ1) is 8.16. The molecule has 1 aromatic carbocycles. The number of rotatable bonds is 3. The molecule has 2 rings (SSSR count). The summed E-state index contributed by atoms with van der Waals surface area (Å²) in [7, 11) is 0. The highest BCUT2D eigenvalue weighted by atomic mass is 16.2. The zero-order chi connectivity index (χ0) is 12.3. The fraction of sp³-hybridized carbons (Fsp3) is 0.462. The predicted molar refractivity (Wildman–Crippen MR) is 68.7 cm³/mol. The lowest BCUT2D eigenvalue weighted by atomic mass is 10.2. The van der Waals surface area contributed by atoms with Gasteiger partial charge in [-0.05, 0) is 25.5 Å². The average Bonchev–Trinajstić information content (AvgIpc) is 2.76. The number of para-hydroxylation sites is 1.